The molecule has 0 bridgehead atoms. The van der Waals surface area contributed by atoms with E-state index < -0.39 is 0 Å². The molecule has 132 valence electrons. The number of benzene rings is 2. The van der Waals surface area contributed by atoms with Crippen molar-refractivity contribution in [3.8, 4) is 0 Å². The average Bonchev–Trinajstić information content (AvgIpc) is 2.54. The molecule has 0 aromatic heterocycles. The van der Waals surface area contributed by atoms with E-state index in [1.807, 2.05) is 32.0 Å². The van der Waals surface area contributed by atoms with Crippen molar-refractivity contribution in [2.45, 2.75) is 32.9 Å². The molecule has 6 heteroatoms. The second-order valence-electron chi connectivity index (χ2n) is 5.92. The quantitative estimate of drug-likeness (QED) is 0.770. The topological polar surface area (TPSA) is 70.2 Å². The molecular formula is C19H22FN3O2. The highest BCUT2D eigenvalue weighted by Gasteiger charge is 2.13. The summed E-state index contributed by atoms with van der Waals surface area (Å²) in [5.74, 6) is -0.461. The monoisotopic (exact) mass is 343 g/mol. The van der Waals surface area contributed by atoms with Crippen molar-refractivity contribution in [1.82, 2.24) is 10.6 Å². The van der Waals surface area contributed by atoms with Gasteiger partial charge in [0.1, 0.15) is 5.82 Å². The van der Waals surface area contributed by atoms with Crippen molar-refractivity contribution in [3.05, 3.63) is 65.5 Å². The fraction of sp³-hybridized carbons (Fsp3) is 0.263. The van der Waals surface area contributed by atoms with Gasteiger partial charge >= 0.3 is 6.03 Å². The number of hydrogen-bond donors (Lipinski definition) is 3. The maximum Gasteiger partial charge on any atom is 0.315 e. The Kier molecular flexibility index (Phi) is 6.11. The number of rotatable bonds is 5. The number of nitrogens with one attached hydrogen (secondary N) is 3. The molecule has 0 saturated heterocycles. The van der Waals surface area contributed by atoms with Crippen LogP contribution in [0.3, 0.4) is 0 Å². The summed E-state index contributed by atoms with van der Waals surface area (Å²) in [5, 5.41) is 8.39. The second-order valence-corrected chi connectivity index (χ2v) is 5.92. The van der Waals surface area contributed by atoms with Gasteiger partial charge < -0.3 is 16.0 Å². The van der Waals surface area contributed by atoms with Gasteiger partial charge in [0, 0.05) is 12.6 Å². The van der Waals surface area contributed by atoms with Gasteiger partial charge in [-0.1, -0.05) is 24.3 Å². The van der Waals surface area contributed by atoms with Crippen molar-refractivity contribution in [2.24, 2.45) is 0 Å². The number of hydrogen-bond acceptors (Lipinski definition) is 2. The molecule has 0 radical (unpaired) electrons. The fourth-order valence-electron chi connectivity index (χ4n) is 2.44. The van der Waals surface area contributed by atoms with Gasteiger partial charge in [0.2, 0.25) is 5.91 Å². The van der Waals surface area contributed by atoms with Crippen molar-refractivity contribution < 1.29 is 14.0 Å². The molecule has 0 spiro atoms. The molecule has 3 N–H and O–H groups in total. The number of urea groups is 1. The molecule has 2 rings (SSSR count). The molecule has 3 amide bonds. The van der Waals surface area contributed by atoms with E-state index in [9.17, 15) is 14.0 Å². The summed E-state index contributed by atoms with van der Waals surface area (Å²) in [5.41, 5.74) is 2.37. The fourth-order valence-corrected chi connectivity index (χ4v) is 2.44. The van der Waals surface area contributed by atoms with Crippen molar-refractivity contribution in [3.63, 3.8) is 0 Å². The minimum Gasteiger partial charge on any atom is -0.332 e. The maximum atomic E-state index is 13.0. The van der Waals surface area contributed by atoms with E-state index in [0.717, 1.165) is 11.1 Å². The molecule has 5 nitrogen and oxygen atoms in total. The lowest BCUT2D eigenvalue weighted by Gasteiger charge is -2.19. The van der Waals surface area contributed by atoms with Crippen LogP contribution in [0.5, 0.6) is 0 Å². The van der Waals surface area contributed by atoms with Crippen LogP contribution in [0.2, 0.25) is 0 Å². The smallest absolute Gasteiger partial charge is 0.315 e. The zero-order valence-electron chi connectivity index (χ0n) is 14.5. The van der Waals surface area contributed by atoms with Crippen LogP contribution in [-0.4, -0.2) is 11.9 Å². The Bertz CT molecular complexity index is 747. The highest BCUT2D eigenvalue weighted by molar-refractivity contribution is 5.88. The summed E-state index contributed by atoms with van der Waals surface area (Å²) in [6.07, 6.45) is 0. The summed E-state index contributed by atoms with van der Waals surface area (Å²) in [6.45, 7) is 5.13. The first-order chi connectivity index (χ1) is 11.8. The number of carbonyl (C=O) groups excluding carboxylic acids is 2. The Hall–Kier alpha value is -2.89. The van der Waals surface area contributed by atoms with E-state index in [4.69, 9.17) is 0 Å². The van der Waals surface area contributed by atoms with Crippen LogP contribution >= 0.6 is 0 Å². The Balaban J connectivity index is 1.95. The summed E-state index contributed by atoms with van der Waals surface area (Å²) in [7, 11) is 0. The van der Waals surface area contributed by atoms with Gasteiger partial charge in [-0.3, -0.25) is 4.79 Å². The third kappa shape index (κ3) is 5.60. The third-order valence-electron chi connectivity index (χ3n) is 3.77. The molecule has 0 fully saturated rings. The zero-order valence-corrected chi connectivity index (χ0v) is 14.5. The summed E-state index contributed by atoms with van der Waals surface area (Å²) in [6, 6.07) is 12.5. The van der Waals surface area contributed by atoms with E-state index in [1.165, 1.54) is 19.1 Å². The van der Waals surface area contributed by atoms with Gasteiger partial charge in [0.05, 0.1) is 12.1 Å². The van der Waals surface area contributed by atoms with E-state index in [2.05, 4.69) is 16.0 Å². The summed E-state index contributed by atoms with van der Waals surface area (Å²) >= 11 is 0. The number of amides is 3. The first-order valence-corrected chi connectivity index (χ1v) is 8.05. The van der Waals surface area contributed by atoms with Crippen LogP contribution in [-0.2, 0) is 4.79 Å². The number of anilines is 1. The molecule has 25 heavy (non-hydrogen) atoms. The molecule has 0 aliphatic carbocycles. The van der Waals surface area contributed by atoms with Crippen LogP contribution in [0.25, 0.3) is 0 Å². The Labute approximate surface area is 146 Å². The predicted molar refractivity (Wildman–Crippen MR) is 95.6 cm³/mol. The molecule has 2 aromatic rings. The molecule has 0 saturated carbocycles. The lowest BCUT2D eigenvalue weighted by atomic mass is 10.1. The predicted octanol–water partition coefficient (Wildman–Crippen LogP) is 3.91. The minimum absolute atomic E-state index is 0.149. The van der Waals surface area contributed by atoms with Gasteiger partial charge in [-0.2, -0.15) is 0 Å². The molecule has 2 aromatic carbocycles. The first-order valence-electron chi connectivity index (χ1n) is 8.05. The third-order valence-corrected chi connectivity index (χ3v) is 3.77. The molecule has 0 unspecified atom stereocenters. The average molecular weight is 343 g/mol. The largest absolute Gasteiger partial charge is 0.332 e. The minimum atomic E-state index is -0.325. The molecule has 2 atom stereocenters. The summed E-state index contributed by atoms with van der Waals surface area (Å²) in [4.78, 5) is 23.3. The van der Waals surface area contributed by atoms with Crippen molar-refractivity contribution in [1.29, 1.82) is 0 Å². The van der Waals surface area contributed by atoms with E-state index in [1.54, 1.807) is 18.2 Å². The Morgan fingerprint density at radius 3 is 2.12 bits per heavy atom. The lowest BCUT2D eigenvalue weighted by molar-refractivity contribution is -0.114. The molecule has 0 heterocycles. The van der Waals surface area contributed by atoms with Gasteiger partial charge in [-0.15, -0.1) is 0 Å². The standard InChI is InChI=1S/C19H22FN3O2/c1-12(15-7-9-17(20)10-8-15)21-19(25)22-13(2)16-5-4-6-18(11-16)23-14(3)24/h4-13H,1-3H3,(H,23,24)(H2,21,22,25)/t12-,13-/m1/s1. The molecule has 0 aliphatic rings. The van der Waals surface area contributed by atoms with Crippen LogP contribution in [0.15, 0.2) is 48.5 Å². The van der Waals surface area contributed by atoms with E-state index >= 15 is 0 Å². The highest BCUT2D eigenvalue weighted by Crippen LogP contribution is 2.18. The Morgan fingerprint density at radius 1 is 0.920 bits per heavy atom. The first kappa shape index (κ1) is 18.4. The lowest BCUT2D eigenvalue weighted by Crippen LogP contribution is -2.38. The second kappa shape index (κ2) is 8.28. The maximum absolute atomic E-state index is 13.0. The van der Waals surface area contributed by atoms with Crippen LogP contribution in [0, 0.1) is 5.82 Å². The zero-order chi connectivity index (χ0) is 18.4. The van der Waals surface area contributed by atoms with Crippen molar-refractivity contribution >= 4 is 17.6 Å². The normalized spacial score (nSPS) is 12.8. The van der Waals surface area contributed by atoms with E-state index in [0.29, 0.717) is 5.69 Å². The number of carbonyl (C=O) groups is 2. The molecule has 0 aliphatic heterocycles. The van der Waals surface area contributed by atoms with Gasteiger partial charge in [-0.05, 0) is 49.2 Å². The van der Waals surface area contributed by atoms with Gasteiger partial charge in [0.25, 0.3) is 0 Å². The van der Waals surface area contributed by atoms with Crippen LogP contribution in [0.1, 0.15) is 44.0 Å². The van der Waals surface area contributed by atoms with Crippen LogP contribution in [0.4, 0.5) is 14.9 Å². The van der Waals surface area contributed by atoms with Crippen LogP contribution < -0.4 is 16.0 Å². The Morgan fingerprint density at radius 2 is 1.52 bits per heavy atom. The van der Waals surface area contributed by atoms with Gasteiger partial charge in [0.15, 0.2) is 0 Å². The highest BCUT2D eigenvalue weighted by atomic mass is 19.1. The van der Waals surface area contributed by atoms with E-state index in [-0.39, 0.29) is 29.8 Å². The number of halogens is 1. The van der Waals surface area contributed by atoms with Crippen molar-refractivity contribution in [2.75, 3.05) is 5.32 Å². The van der Waals surface area contributed by atoms with Gasteiger partial charge in [-0.25, -0.2) is 9.18 Å². The SMILES string of the molecule is CC(=O)Nc1cccc([C@@H](C)NC(=O)N[C@H](C)c2ccc(F)cc2)c1. The molecular weight excluding hydrogens is 321 g/mol. The summed E-state index contributed by atoms with van der Waals surface area (Å²) < 4.78 is 13.0.